The number of halogens is 2. The van der Waals surface area contributed by atoms with Crippen molar-refractivity contribution in [3.63, 3.8) is 0 Å². The maximum atomic E-state index is 13.5. The molecule has 0 aliphatic rings. The van der Waals surface area contributed by atoms with Crippen molar-refractivity contribution in [1.82, 2.24) is 0 Å². The number of rotatable bonds is 6. The first-order valence-electron chi connectivity index (χ1n) is 6.42. The standard InChI is InChI=1S/C16H16BrFO2/c17-16(9-6-12-4-2-1-3-5-12)20-11-13-10-14(19)7-8-15(13)18/h1-5,7-8,10,16,19H,6,9,11H2. The van der Waals surface area contributed by atoms with E-state index in [1.807, 2.05) is 18.2 Å². The van der Waals surface area contributed by atoms with E-state index < -0.39 is 0 Å². The van der Waals surface area contributed by atoms with Crippen molar-refractivity contribution in [1.29, 1.82) is 0 Å². The summed E-state index contributed by atoms with van der Waals surface area (Å²) in [6, 6.07) is 14.1. The van der Waals surface area contributed by atoms with E-state index in [1.54, 1.807) is 0 Å². The molecular formula is C16H16BrFO2. The largest absolute Gasteiger partial charge is 0.508 e. The lowest BCUT2D eigenvalue weighted by molar-refractivity contribution is 0.0961. The van der Waals surface area contributed by atoms with Crippen LogP contribution in [0, 0.1) is 5.82 Å². The summed E-state index contributed by atoms with van der Waals surface area (Å²) >= 11 is 3.43. The number of hydrogen-bond donors (Lipinski definition) is 1. The van der Waals surface area contributed by atoms with Crippen LogP contribution < -0.4 is 0 Å². The second-order valence-corrected chi connectivity index (χ2v) is 5.54. The van der Waals surface area contributed by atoms with Gasteiger partial charge in [0.05, 0.1) is 6.61 Å². The van der Waals surface area contributed by atoms with Gasteiger partial charge in [0.15, 0.2) is 0 Å². The zero-order chi connectivity index (χ0) is 14.4. The third-order valence-electron chi connectivity index (χ3n) is 2.95. The Hall–Kier alpha value is -1.39. The van der Waals surface area contributed by atoms with Crippen LogP contribution in [-0.2, 0) is 17.8 Å². The van der Waals surface area contributed by atoms with Crippen molar-refractivity contribution >= 4 is 15.9 Å². The van der Waals surface area contributed by atoms with Crippen molar-refractivity contribution in [3.8, 4) is 5.75 Å². The molecule has 2 rings (SSSR count). The first kappa shape index (κ1) is 15.0. The maximum absolute atomic E-state index is 13.5. The highest BCUT2D eigenvalue weighted by Crippen LogP contribution is 2.19. The average Bonchev–Trinajstić information content (AvgIpc) is 2.47. The fourth-order valence-electron chi connectivity index (χ4n) is 1.86. The molecule has 2 aromatic carbocycles. The second kappa shape index (κ2) is 7.41. The number of benzene rings is 2. The van der Waals surface area contributed by atoms with Gasteiger partial charge in [-0.1, -0.05) is 46.3 Å². The zero-order valence-electron chi connectivity index (χ0n) is 10.9. The molecule has 0 spiro atoms. The molecule has 2 aromatic rings. The third-order valence-corrected chi connectivity index (χ3v) is 3.67. The molecule has 0 aliphatic heterocycles. The number of phenolic OH excluding ortho intramolecular Hbond substituents is 1. The van der Waals surface area contributed by atoms with Crippen LogP contribution in [0.4, 0.5) is 4.39 Å². The zero-order valence-corrected chi connectivity index (χ0v) is 12.5. The highest BCUT2D eigenvalue weighted by atomic mass is 79.9. The molecule has 0 saturated heterocycles. The van der Waals surface area contributed by atoms with Gasteiger partial charge in [0.1, 0.15) is 16.6 Å². The lowest BCUT2D eigenvalue weighted by atomic mass is 10.1. The fourth-order valence-corrected chi connectivity index (χ4v) is 2.22. The smallest absolute Gasteiger partial charge is 0.128 e. The summed E-state index contributed by atoms with van der Waals surface area (Å²) in [7, 11) is 0. The highest BCUT2D eigenvalue weighted by molar-refractivity contribution is 9.09. The number of phenols is 1. The molecule has 0 aromatic heterocycles. The Morgan fingerprint density at radius 2 is 1.90 bits per heavy atom. The van der Waals surface area contributed by atoms with Crippen LogP contribution in [0.1, 0.15) is 17.5 Å². The summed E-state index contributed by atoms with van der Waals surface area (Å²) in [5, 5.41) is 9.17. The van der Waals surface area contributed by atoms with E-state index in [9.17, 15) is 9.50 Å². The van der Waals surface area contributed by atoms with Gasteiger partial charge in [-0.3, -0.25) is 0 Å². The molecule has 1 unspecified atom stereocenters. The monoisotopic (exact) mass is 338 g/mol. The highest BCUT2D eigenvalue weighted by Gasteiger charge is 2.08. The van der Waals surface area contributed by atoms with Gasteiger partial charge < -0.3 is 9.84 Å². The summed E-state index contributed by atoms with van der Waals surface area (Å²) in [4.78, 5) is 0. The third kappa shape index (κ3) is 4.62. The van der Waals surface area contributed by atoms with Crippen molar-refractivity contribution < 1.29 is 14.2 Å². The summed E-state index contributed by atoms with van der Waals surface area (Å²) < 4.78 is 19.0. The van der Waals surface area contributed by atoms with Crippen molar-refractivity contribution in [2.75, 3.05) is 0 Å². The molecule has 0 aliphatic carbocycles. The van der Waals surface area contributed by atoms with E-state index in [1.165, 1.54) is 23.8 Å². The number of alkyl halides is 1. The molecule has 2 nitrogen and oxygen atoms in total. The van der Waals surface area contributed by atoms with Crippen LogP contribution in [0.2, 0.25) is 0 Å². The molecule has 20 heavy (non-hydrogen) atoms. The van der Waals surface area contributed by atoms with Crippen LogP contribution in [0.15, 0.2) is 48.5 Å². The van der Waals surface area contributed by atoms with Crippen molar-refractivity contribution in [2.45, 2.75) is 24.5 Å². The first-order valence-corrected chi connectivity index (χ1v) is 7.33. The minimum absolute atomic E-state index is 0.0420. The minimum atomic E-state index is -0.370. The van der Waals surface area contributed by atoms with E-state index >= 15 is 0 Å². The SMILES string of the molecule is Oc1ccc(F)c(COC(Br)CCc2ccccc2)c1. The lowest BCUT2D eigenvalue weighted by Gasteiger charge is -2.12. The molecule has 106 valence electrons. The van der Waals surface area contributed by atoms with E-state index in [2.05, 4.69) is 28.1 Å². The molecule has 1 N–H and O–H groups in total. The van der Waals surface area contributed by atoms with Gasteiger partial charge in [0.25, 0.3) is 0 Å². The Bertz CT molecular complexity index is 545. The Kier molecular flexibility index (Phi) is 5.56. The van der Waals surface area contributed by atoms with E-state index in [4.69, 9.17) is 4.74 Å². The van der Waals surface area contributed by atoms with Crippen LogP contribution in [0.3, 0.4) is 0 Å². The fraction of sp³-hybridized carbons (Fsp3) is 0.250. The molecule has 0 saturated carbocycles. The van der Waals surface area contributed by atoms with Crippen LogP contribution >= 0.6 is 15.9 Å². The Balaban J connectivity index is 1.80. The van der Waals surface area contributed by atoms with Crippen LogP contribution in [0.5, 0.6) is 5.75 Å². The molecule has 4 heteroatoms. The molecule has 0 amide bonds. The van der Waals surface area contributed by atoms with Gasteiger partial charge in [-0.2, -0.15) is 0 Å². The lowest BCUT2D eigenvalue weighted by Crippen LogP contribution is -2.07. The van der Waals surface area contributed by atoms with E-state index in [0.717, 1.165) is 12.8 Å². The molecule has 0 radical (unpaired) electrons. The summed E-state index contributed by atoms with van der Waals surface area (Å²) in [5.74, 6) is -0.328. The van der Waals surface area contributed by atoms with E-state index in [-0.39, 0.29) is 23.2 Å². The summed E-state index contributed by atoms with van der Waals surface area (Å²) in [6.45, 7) is 0.130. The van der Waals surface area contributed by atoms with Gasteiger partial charge in [0.2, 0.25) is 0 Å². The number of ether oxygens (including phenoxy) is 1. The Morgan fingerprint density at radius 3 is 2.65 bits per heavy atom. The topological polar surface area (TPSA) is 29.5 Å². The molecule has 1 atom stereocenters. The molecule has 0 fully saturated rings. The average molecular weight is 339 g/mol. The number of aromatic hydroxyl groups is 1. The first-order chi connectivity index (χ1) is 9.65. The Labute approximate surface area is 126 Å². The number of aryl methyl sites for hydroxylation is 1. The number of hydrogen-bond acceptors (Lipinski definition) is 2. The van der Waals surface area contributed by atoms with Gasteiger partial charge in [0, 0.05) is 5.56 Å². The second-order valence-electron chi connectivity index (χ2n) is 4.52. The van der Waals surface area contributed by atoms with Gasteiger partial charge in [-0.05, 0) is 36.6 Å². The summed E-state index contributed by atoms with van der Waals surface area (Å²) in [5.41, 5.74) is 1.60. The van der Waals surface area contributed by atoms with Gasteiger partial charge in [-0.15, -0.1) is 0 Å². The quantitative estimate of drug-likeness (QED) is 0.791. The normalized spacial score (nSPS) is 12.3. The Morgan fingerprint density at radius 1 is 1.15 bits per heavy atom. The van der Waals surface area contributed by atoms with Crippen LogP contribution in [0.25, 0.3) is 0 Å². The van der Waals surface area contributed by atoms with E-state index in [0.29, 0.717) is 5.56 Å². The van der Waals surface area contributed by atoms with Crippen LogP contribution in [-0.4, -0.2) is 10.1 Å². The predicted octanol–water partition coefficient (Wildman–Crippen LogP) is 4.40. The van der Waals surface area contributed by atoms with Crippen molar-refractivity contribution in [2.24, 2.45) is 0 Å². The summed E-state index contributed by atoms with van der Waals surface area (Å²) in [6.07, 6.45) is 1.68. The molecule has 0 heterocycles. The molecular weight excluding hydrogens is 323 g/mol. The minimum Gasteiger partial charge on any atom is -0.508 e. The van der Waals surface area contributed by atoms with Crippen molar-refractivity contribution in [3.05, 3.63) is 65.5 Å². The molecule has 0 bridgehead atoms. The maximum Gasteiger partial charge on any atom is 0.128 e. The van der Waals surface area contributed by atoms with Gasteiger partial charge in [-0.25, -0.2) is 4.39 Å². The predicted molar refractivity (Wildman–Crippen MR) is 80.3 cm³/mol. The van der Waals surface area contributed by atoms with Gasteiger partial charge >= 0.3 is 0 Å².